The minimum atomic E-state index is -0.231. The minimum Gasteiger partial charge on any atom is -0.508 e. The number of unbranched alkanes of at least 4 members (excludes halogenated alkanes) is 1. The zero-order valence-electron chi connectivity index (χ0n) is 15.2. The van der Waals surface area contributed by atoms with Crippen molar-refractivity contribution in [3.8, 4) is 5.75 Å². The average molecular weight is 433 g/mol. The predicted molar refractivity (Wildman–Crippen MR) is 110 cm³/mol. The Balaban J connectivity index is 1.50. The van der Waals surface area contributed by atoms with Gasteiger partial charge in [-0.05, 0) is 61.6 Å². The van der Waals surface area contributed by atoms with Crippen LogP contribution in [-0.2, 0) is 11.2 Å². The molecule has 2 aromatic carbocycles. The summed E-state index contributed by atoms with van der Waals surface area (Å²) in [6, 6.07) is 14.5. The first kappa shape index (κ1) is 21.0. The number of carbonyl (C=O) groups is 2. The SMILES string of the molecule is O=C(CCCCc1ccc(Br)cc1)NCCCNC(=O)c1cccc(O)c1. The number of hydrogen-bond acceptors (Lipinski definition) is 3. The molecular formula is C21H25BrN2O3. The Kier molecular flexibility index (Phi) is 8.84. The molecule has 0 saturated heterocycles. The molecule has 0 bridgehead atoms. The van der Waals surface area contributed by atoms with Crippen molar-refractivity contribution >= 4 is 27.7 Å². The highest BCUT2D eigenvalue weighted by atomic mass is 79.9. The summed E-state index contributed by atoms with van der Waals surface area (Å²) >= 11 is 3.42. The van der Waals surface area contributed by atoms with Crippen LogP contribution >= 0.6 is 15.9 Å². The van der Waals surface area contributed by atoms with Crippen molar-refractivity contribution in [2.45, 2.75) is 32.1 Å². The molecule has 2 amide bonds. The fourth-order valence-electron chi connectivity index (χ4n) is 2.62. The van der Waals surface area contributed by atoms with Gasteiger partial charge >= 0.3 is 0 Å². The van der Waals surface area contributed by atoms with Gasteiger partial charge in [-0.25, -0.2) is 0 Å². The maximum absolute atomic E-state index is 11.9. The maximum Gasteiger partial charge on any atom is 0.251 e. The first-order valence-electron chi connectivity index (χ1n) is 9.13. The molecule has 144 valence electrons. The highest BCUT2D eigenvalue weighted by Crippen LogP contribution is 2.13. The second kappa shape index (κ2) is 11.4. The molecule has 2 aromatic rings. The van der Waals surface area contributed by atoms with Crippen LogP contribution in [0.5, 0.6) is 5.75 Å². The third-order valence-electron chi connectivity index (χ3n) is 4.10. The summed E-state index contributed by atoms with van der Waals surface area (Å²) in [6.45, 7) is 1.00. The zero-order chi connectivity index (χ0) is 19.5. The van der Waals surface area contributed by atoms with Gasteiger partial charge in [0.2, 0.25) is 5.91 Å². The summed E-state index contributed by atoms with van der Waals surface area (Å²) in [5, 5.41) is 15.0. The van der Waals surface area contributed by atoms with Crippen LogP contribution in [0.3, 0.4) is 0 Å². The van der Waals surface area contributed by atoms with Crippen LogP contribution in [0.15, 0.2) is 53.0 Å². The van der Waals surface area contributed by atoms with E-state index in [0.717, 1.165) is 23.7 Å². The van der Waals surface area contributed by atoms with E-state index < -0.39 is 0 Å². The number of rotatable bonds is 10. The number of aromatic hydroxyl groups is 1. The van der Waals surface area contributed by atoms with Crippen molar-refractivity contribution in [2.24, 2.45) is 0 Å². The summed E-state index contributed by atoms with van der Waals surface area (Å²) in [7, 11) is 0. The van der Waals surface area contributed by atoms with E-state index >= 15 is 0 Å². The minimum absolute atomic E-state index is 0.0464. The fraction of sp³-hybridized carbons (Fsp3) is 0.333. The van der Waals surface area contributed by atoms with Crippen molar-refractivity contribution in [1.29, 1.82) is 0 Å². The smallest absolute Gasteiger partial charge is 0.251 e. The Morgan fingerprint density at radius 1 is 0.926 bits per heavy atom. The third-order valence-corrected chi connectivity index (χ3v) is 4.63. The normalized spacial score (nSPS) is 10.4. The molecule has 6 heteroatoms. The molecule has 5 nitrogen and oxygen atoms in total. The van der Waals surface area contributed by atoms with Gasteiger partial charge in [0.05, 0.1) is 0 Å². The molecule has 3 N–H and O–H groups in total. The second-order valence-corrected chi connectivity index (χ2v) is 7.26. The van der Waals surface area contributed by atoms with Crippen molar-refractivity contribution in [2.75, 3.05) is 13.1 Å². The number of amides is 2. The van der Waals surface area contributed by atoms with Crippen LogP contribution in [0.2, 0.25) is 0 Å². The number of halogens is 1. The molecule has 0 aromatic heterocycles. The highest BCUT2D eigenvalue weighted by Gasteiger charge is 2.05. The van der Waals surface area contributed by atoms with Crippen molar-refractivity contribution in [3.05, 3.63) is 64.1 Å². The van der Waals surface area contributed by atoms with E-state index in [-0.39, 0.29) is 17.6 Å². The number of benzene rings is 2. The number of nitrogens with one attached hydrogen (secondary N) is 2. The van der Waals surface area contributed by atoms with E-state index in [2.05, 4.69) is 38.7 Å². The van der Waals surface area contributed by atoms with Gasteiger partial charge in [0.1, 0.15) is 5.75 Å². The second-order valence-electron chi connectivity index (χ2n) is 6.34. The van der Waals surface area contributed by atoms with Crippen molar-refractivity contribution < 1.29 is 14.7 Å². The van der Waals surface area contributed by atoms with Crippen LogP contribution in [0, 0.1) is 0 Å². The van der Waals surface area contributed by atoms with E-state index in [1.807, 2.05) is 12.1 Å². The quantitative estimate of drug-likeness (QED) is 0.499. The van der Waals surface area contributed by atoms with Crippen LogP contribution in [0.25, 0.3) is 0 Å². The molecule has 0 saturated carbocycles. The molecule has 0 fully saturated rings. The third kappa shape index (κ3) is 8.26. The molecule has 0 radical (unpaired) electrons. The number of phenols is 1. The fourth-order valence-corrected chi connectivity index (χ4v) is 2.89. The van der Waals surface area contributed by atoms with E-state index in [4.69, 9.17) is 0 Å². The van der Waals surface area contributed by atoms with E-state index in [9.17, 15) is 14.7 Å². The Hall–Kier alpha value is -2.34. The van der Waals surface area contributed by atoms with E-state index in [1.54, 1.807) is 12.1 Å². The predicted octanol–water partition coefficient (Wildman–Crippen LogP) is 3.80. The summed E-state index contributed by atoms with van der Waals surface area (Å²) in [5.41, 5.74) is 1.70. The monoisotopic (exact) mass is 432 g/mol. The molecule has 0 aliphatic heterocycles. The van der Waals surface area contributed by atoms with Crippen molar-refractivity contribution in [3.63, 3.8) is 0 Å². The maximum atomic E-state index is 11.9. The number of aryl methyl sites for hydroxylation is 1. The van der Waals surface area contributed by atoms with Gasteiger partial charge in [-0.3, -0.25) is 9.59 Å². The topological polar surface area (TPSA) is 78.4 Å². The standard InChI is InChI=1S/C21H25BrN2O3/c22-18-11-9-16(10-12-18)5-1-2-8-20(26)23-13-4-14-24-21(27)17-6-3-7-19(25)15-17/h3,6-7,9-12,15,25H,1-2,4-5,8,13-14H2,(H,23,26)(H,24,27). The first-order valence-corrected chi connectivity index (χ1v) is 9.92. The summed E-state index contributed by atoms with van der Waals surface area (Å²) in [5.74, 6) is -0.120. The molecule has 0 spiro atoms. The van der Waals surface area contributed by atoms with Crippen molar-refractivity contribution in [1.82, 2.24) is 10.6 Å². The largest absolute Gasteiger partial charge is 0.508 e. The van der Waals surface area contributed by atoms with Crippen LogP contribution < -0.4 is 10.6 Å². The molecule has 2 rings (SSSR count). The molecular weight excluding hydrogens is 408 g/mol. The number of carbonyl (C=O) groups excluding carboxylic acids is 2. The Labute approximate surface area is 168 Å². The van der Waals surface area contributed by atoms with Gasteiger partial charge in [-0.2, -0.15) is 0 Å². The average Bonchev–Trinajstić information content (AvgIpc) is 2.66. The lowest BCUT2D eigenvalue weighted by atomic mass is 10.1. The zero-order valence-corrected chi connectivity index (χ0v) is 16.8. The number of hydrogen-bond donors (Lipinski definition) is 3. The van der Waals surface area contributed by atoms with Gasteiger partial charge in [-0.1, -0.05) is 34.1 Å². The Bertz CT molecular complexity index is 747. The van der Waals surface area contributed by atoms with Gasteiger partial charge in [-0.15, -0.1) is 0 Å². The highest BCUT2D eigenvalue weighted by molar-refractivity contribution is 9.10. The van der Waals surface area contributed by atoms with E-state index in [1.165, 1.54) is 17.7 Å². The molecule has 0 aliphatic rings. The van der Waals surface area contributed by atoms with Gasteiger partial charge < -0.3 is 15.7 Å². The Morgan fingerprint density at radius 3 is 2.41 bits per heavy atom. The first-order chi connectivity index (χ1) is 13.0. The van der Waals surface area contributed by atoms with E-state index in [0.29, 0.717) is 31.5 Å². The lowest BCUT2D eigenvalue weighted by molar-refractivity contribution is -0.121. The van der Waals surface area contributed by atoms with Gasteiger partial charge in [0.25, 0.3) is 5.91 Å². The lowest BCUT2D eigenvalue weighted by Crippen LogP contribution is -2.29. The lowest BCUT2D eigenvalue weighted by Gasteiger charge is -2.07. The van der Waals surface area contributed by atoms with Crippen LogP contribution in [0.4, 0.5) is 0 Å². The molecule has 27 heavy (non-hydrogen) atoms. The number of phenolic OH excluding ortho intramolecular Hbond substituents is 1. The summed E-state index contributed by atoms with van der Waals surface area (Å²) in [6.07, 6.45) is 3.99. The molecule has 0 aliphatic carbocycles. The molecule has 0 atom stereocenters. The van der Waals surface area contributed by atoms with Gasteiger partial charge in [0.15, 0.2) is 0 Å². The molecule has 0 heterocycles. The summed E-state index contributed by atoms with van der Waals surface area (Å²) in [4.78, 5) is 23.7. The molecule has 0 unspecified atom stereocenters. The summed E-state index contributed by atoms with van der Waals surface area (Å²) < 4.78 is 1.07. The van der Waals surface area contributed by atoms with Crippen LogP contribution in [0.1, 0.15) is 41.6 Å². The van der Waals surface area contributed by atoms with Gasteiger partial charge in [0, 0.05) is 29.5 Å². The Morgan fingerprint density at radius 2 is 1.67 bits per heavy atom. The van der Waals surface area contributed by atoms with Crippen LogP contribution in [-0.4, -0.2) is 30.0 Å².